The van der Waals surface area contributed by atoms with Crippen LogP contribution in [-0.4, -0.2) is 19.1 Å². The minimum absolute atomic E-state index is 0.143. The number of anilines is 1. The summed E-state index contributed by atoms with van der Waals surface area (Å²) in [6.45, 7) is 7.72. The number of nitrogens with one attached hydrogen (secondary N) is 1. The molecule has 2 aromatic rings. The smallest absolute Gasteiger partial charge is 0.255 e. The van der Waals surface area contributed by atoms with Crippen LogP contribution in [0.3, 0.4) is 0 Å². The molecule has 0 heterocycles. The minimum Gasteiger partial charge on any atom is -0.494 e. The van der Waals surface area contributed by atoms with E-state index < -0.39 is 0 Å². The van der Waals surface area contributed by atoms with Crippen LogP contribution >= 0.6 is 0 Å². The van der Waals surface area contributed by atoms with Gasteiger partial charge in [0.25, 0.3) is 5.91 Å². The van der Waals surface area contributed by atoms with E-state index in [2.05, 4.69) is 26.1 Å². The number of ether oxygens (including phenoxy) is 2. The molecule has 0 aromatic heterocycles. The van der Waals surface area contributed by atoms with Gasteiger partial charge < -0.3 is 14.8 Å². The molecule has 4 nitrogen and oxygen atoms in total. The van der Waals surface area contributed by atoms with Crippen LogP contribution in [0.5, 0.6) is 11.5 Å². The molecule has 0 saturated carbocycles. The highest BCUT2D eigenvalue weighted by atomic mass is 16.5. The van der Waals surface area contributed by atoms with E-state index in [0.29, 0.717) is 24.7 Å². The normalized spacial score (nSPS) is 10.6. The van der Waals surface area contributed by atoms with Crippen LogP contribution in [0.4, 0.5) is 5.69 Å². The van der Waals surface area contributed by atoms with Gasteiger partial charge in [0.05, 0.1) is 13.2 Å². The maximum absolute atomic E-state index is 12.3. The van der Waals surface area contributed by atoms with E-state index in [1.165, 1.54) is 0 Å². The second-order valence-corrected chi connectivity index (χ2v) is 6.41. The molecule has 1 amide bonds. The third kappa shape index (κ3) is 6.49. The van der Waals surface area contributed by atoms with Crippen molar-refractivity contribution >= 4 is 11.6 Å². The summed E-state index contributed by atoms with van der Waals surface area (Å²) in [6, 6.07) is 14.6. The zero-order valence-corrected chi connectivity index (χ0v) is 15.2. The second kappa shape index (κ2) is 9.72. The number of rotatable bonds is 9. The summed E-state index contributed by atoms with van der Waals surface area (Å²) in [5.41, 5.74) is 1.34. The zero-order chi connectivity index (χ0) is 18.1. The van der Waals surface area contributed by atoms with Gasteiger partial charge in [-0.05, 0) is 60.9 Å². The predicted octanol–water partition coefficient (Wildman–Crippen LogP) is 5.15. The number of hydrogen-bond acceptors (Lipinski definition) is 3. The van der Waals surface area contributed by atoms with Gasteiger partial charge in [-0.2, -0.15) is 0 Å². The van der Waals surface area contributed by atoms with E-state index in [1.807, 2.05) is 36.4 Å². The van der Waals surface area contributed by atoms with Crippen LogP contribution in [0.25, 0.3) is 0 Å². The summed E-state index contributed by atoms with van der Waals surface area (Å²) < 4.78 is 11.2. The molecule has 0 aliphatic heterocycles. The van der Waals surface area contributed by atoms with Crippen LogP contribution in [-0.2, 0) is 0 Å². The molecule has 25 heavy (non-hydrogen) atoms. The van der Waals surface area contributed by atoms with E-state index in [1.54, 1.807) is 12.1 Å². The lowest BCUT2D eigenvalue weighted by Gasteiger charge is -2.10. The van der Waals surface area contributed by atoms with Crippen molar-refractivity contribution in [1.82, 2.24) is 0 Å². The van der Waals surface area contributed by atoms with Crippen LogP contribution < -0.4 is 14.8 Å². The van der Waals surface area contributed by atoms with Crippen molar-refractivity contribution < 1.29 is 14.3 Å². The van der Waals surface area contributed by atoms with Gasteiger partial charge in [0.2, 0.25) is 0 Å². The third-order valence-electron chi connectivity index (χ3n) is 3.58. The molecule has 0 fully saturated rings. The average Bonchev–Trinajstić information content (AvgIpc) is 2.62. The first-order valence-electron chi connectivity index (χ1n) is 8.85. The Balaban J connectivity index is 1.88. The number of carbonyl (C=O) groups is 1. The SMILES string of the molecule is CCCCOc1ccc(C(=O)Nc2ccc(OCC(C)C)cc2)cc1. The molecular weight excluding hydrogens is 314 g/mol. The molecule has 2 aromatic carbocycles. The number of benzene rings is 2. The van der Waals surface area contributed by atoms with Crippen molar-refractivity contribution in [2.75, 3.05) is 18.5 Å². The number of hydrogen-bond donors (Lipinski definition) is 1. The van der Waals surface area contributed by atoms with Crippen molar-refractivity contribution in [2.24, 2.45) is 5.92 Å². The summed E-state index contributed by atoms with van der Waals surface area (Å²) in [5, 5.41) is 2.89. The number of amides is 1. The molecule has 2 rings (SSSR count). The number of carbonyl (C=O) groups excluding carboxylic acids is 1. The summed E-state index contributed by atoms with van der Waals surface area (Å²) in [6.07, 6.45) is 2.13. The largest absolute Gasteiger partial charge is 0.494 e. The predicted molar refractivity (Wildman–Crippen MR) is 102 cm³/mol. The molecule has 134 valence electrons. The first-order chi connectivity index (χ1) is 12.1. The Morgan fingerprint density at radius 3 is 2.16 bits per heavy atom. The first kappa shape index (κ1) is 18.8. The molecular formula is C21H27NO3. The van der Waals surface area contributed by atoms with Crippen LogP contribution in [0.1, 0.15) is 44.0 Å². The Morgan fingerprint density at radius 2 is 1.56 bits per heavy atom. The van der Waals surface area contributed by atoms with Gasteiger partial charge in [0, 0.05) is 11.3 Å². The summed E-state index contributed by atoms with van der Waals surface area (Å²) in [4.78, 5) is 12.3. The molecule has 4 heteroatoms. The van der Waals surface area contributed by atoms with E-state index in [4.69, 9.17) is 9.47 Å². The molecule has 0 spiro atoms. The Morgan fingerprint density at radius 1 is 0.960 bits per heavy atom. The fourth-order valence-electron chi connectivity index (χ4n) is 2.14. The maximum atomic E-state index is 12.3. The van der Waals surface area contributed by atoms with Gasteiger partial charge in [-0.15, -0.1) is 0 Å². The van der Waals surface area contributed by atoms with Gasteiger partial charge in [-0.25, -0.2) is 0 Å². The highest BCUT2D eigenvalue weighted by molar-refractivity contribution is 6.04. The quantitative estimate of drug-likeness (QED) is 0.641. The Hall–Kier alpha value is -2.49. The topological polar surface area (TPSA) is 47.6 Å². The first-order valence-corrected chi connectivity index (χ1v) is 8.85. The summed E-state index contributed by atoms with van der Waals surface area (Å²) >= 11 is 0. The van der Waals surface area contributed by atoms with Crippen molar-refractivity contribution in [3.05, 3.63) is 54.1 Å². The van der Waals surface area contributed by atoms with Gasteiger partial charge in [-0.1, -0.05) is 27.2 Å². The van der Waals surface area contributed by atoms with Crippen molar-refractivity contribution in [2.45, 2.75) is 33.6 Å². The lowest BCUT2D eigenvalue weighted by Crippen LogP contribution is -2.11. The van der Waals surface area contributed by atoms with E-state index >= 15 is 0 Å². The molecule has 0 bridgehead atoms. The summed E-state index contributed by atoms with van der Waals surface area (Å²) in [7, 11) is 0. The zero-order valence-electron chi connectivity index (χ0n) is 15.2. The summed E-state index contributed by atoms with van der Waals surface area (Å²) in [5.74, 6) is 1.93. The molecule has 0 saturated heterocycles. The monoisotopic (exact) mass is 341 g/mol. The standard InChI is InChI=1S/C21H27NO3/c1-4-5-14-24-19-10-6-17(7-11-19)21(23)22-18-8-12-20(13-9-18)25-15-16(2)3/h6-13,16H,4-5,14-15H2,1-3H3,(H,22,23). The van der Waals surface area contributed by atoms with Gasteiger partial charge in [0.1, 0.15) is 11.5 Å². The third-order valence-corrected chi connectivity index (χ3v) is 3.58. The average molecular weight is 341 g/mol. The molecule has 0 aliphatic carbocycles. The van der Waals surface area contributed by atoms with Crippen LogP contribution in [0.15, 0.2) is 48.5 Å². The van der Waals surface area contributed by atoms with E-state index in [0.717, 1.165) is 30.0 Å². The highest BCUT2D eigenvalue weighted by Gasteiger charge is 2.07. The Bertz CT molecular complexity index is 648. The van der Waals surface area contributed by atoms with E-state index in [9.17, 15) is 4.79 Å². The Labute approximate surface area is 150 Å². The fraction of sp³-hybridized carbons (Fsp3) is 0.381. The van der Waals surface area contributed by atoms with Crippen LogP contribution in [0, 0.1) is 5.92 Å². The van der Waals surface area contributed by atoms with Crippen LogP contribution in [0.2, 0.25) is 0 Å². The second-order valence-electron chi connectivity index (χ2n) is 6.41. The number of unbranched alkanes of at least 4 members (excludes halogenated alkanes) is 1. The molecule has 0 aliphatic rings. The fourth-order valence-corrected chi connectivity index (χ4v) is 2.14. The van der Waals surface area contributed by atoms with Gasteiger partial charge >= 0.3 is 0 Å². The van der Waals surface area contributed by atoms with Crippen molar-refractivity contribution in [3.63, 3.8) is 0 Å². The van der Waals surface area contributed by atoms with Crippen molar-refractivity contribution in [1.29, 1.82) is 0 Å². The lowest BCUT2D eigenvalue weighted by atomic mass is 10.2. The molecule has 0 unspecified atom stereocenters. The highest BCUT2D eigenvalue weighted by Crippen LogP contribution is 2.18. The van der Waals surface area contributed by atoms with Gasteiger partial charge in [0.15, 0.2) is 0 Å². The van der Waals surface area contributed by atoms with Gasteiger partial charge in [-0.3, -0.25) is 4.79 Å². The van der Waals surface area contributed by atoms with Crippen molar-refractivity contribution in [3.8, 4) is 11.5 Å². The minimum atomic E-state index is -0.143. The Kier molecular flexibility index (Phi) is 7.33. The maximum Gasteiger partial charge on any atom is 0.255 e. The van der Waals surface area contributed by atoms with E-state index in [-0.39, 0.29) is 5.91 Å². The lowest BCUT2D eigenvalue weighted by molar-refractivity contribution is 0.102. The molecule has 0 radical (unpaired) electrons. The molecule has 0 atom stereocenters. The molecule has 1 N–H and O–H groups in total.